The van der Waals surface area contributed by atoms with E-state index in [0.717, 1.165) is 55.1 Å². The van der Waals surface area contributed by atoms with Crippen molar-refractivity contribution in [3.05, 3.63) is 42.2 Å². The number of furan rings is 1. The Hall–Kier alpha value is -2.90. The van der Waals surface area contributed by atoms with Crippen molar-refractivity contribution in [2.45, 2.75) is 39.5 Å². The molecule has 0 aliphatic heterocycles. The summed E-state index contributed by atoms with van der Waals surface area (Å²) in [5.74, 6) is 0.511. The molecule has 36 heavy (non-hydrogen) atoms. The summed E-state index contributed by atoms with van der Waals surface area (Å²) in [5, 5.41) is 5.17. The van der Waals surface area contributed by atoms with Gasteiger partial charge in [-0.1, -0.05) is 26.7 Å². The summed E-state index contributed by atoms with van der Waals surface area (Å²) in [6, 6.07) is 10.6. The van der Waals surface area contributed by atoms with Crippen LogP contribution in [0.3, 0.4) is 0 Å². The van der Waals surface area contributed by atoms with E-state index in [4.69, 9.17) is 14.1 Å². The maximum Gasteiger partial charge on any atom is 0.177 e. The molecule has 194 valence electrons. The molecule has 0 bridgehead atoms. The highest BCUT2D eigenvalue weighted by Crippen LogP contribution is 2.38. The summed E-state index contributed by atoms with van der Waals surface area (Å²) in [5.41, 5.74) is 3.62. The van der Waals surface area contributed by atoms with Crippen molar-refractivity contribution in [1.82, 2.24) is 14.8 Å². The van der Waals surface area contributed by atoms with Crippen molar-refractivity contribution in [2.75, 3.05) is 58.7 Å². The molecule has 0 fully saturated rings. The highest BCUT2D eigenvalue weighted by molar-refractivity contribution is 6.14. The molecule has 0 radical (unpaired) electrons. The average Bonchev–Trinajstić information content (AvgIpc) is 3.22. The summed E-state index contributed by atoms with van der Waals surface area (Å²) in [6.07, 6.45) is 4.83. The second kappa shape index (κ2) is 12.4. The second-order valence-corrected chi connectivity index (χ2v) is 9.71. The third-order valence-corrected chi connectivity index (χ3v) is 6.51. The summed E-state index contributed by atoms with van der Waals surface area (Å²) in [7, 11) is 4.09. The molecule has 6 nitrogen and oxygen atoms in total. The van der Waals surface area contributed by atoms with Crippen LogP contribution in [0.5, 0.6) is 5.75 Å². The summed E-state index contributed by atoms with van der Waals surface area (Å²) >= 11 is 0. The molecule has 0 amide bonds. The third kappa shape index (κ3) is 6.26. The Kier molecular flexibility index (Phi) is 8.99. The number of nitrogens with zero attached hydrogens (tertiary/aromatic N) is 3. The zero-order chi connectivity index (χ0) is 25.5. The van der Waals surface area contributed by atoms with Gasteiger partial charge in [-0.25, -0.2) is 9.37 Å². The van der Waals surface area contributed by atoms with Crippen LogP contribution in [0, 0.1) is 5.82 Å². The third-order valence-electron chi connectivity index (χ3n) is 6.51. The van der Waals surface area contributed by atoms with Crippen LogP contribution < -0.4 is 10.1 Å². The van der Waals surface area contributed by atoms with Gasteiger partial charge in [-0.3, -0.25) is 4.90 Å². The first-order valence-corrected chi connectivity index (χ1v) is 13.2. The van der Waals surface area contributed by atoms with Crippen molar-refractivity contribution in [2.24, 2.45) is 0 Å². The number of aromatic nitrogens is 1. The number of halogens is 1. The van der Waals surface area contributed by atoms with Crippen molar-refractivity contribution < 1.29 is 13.5 Å². The Morgan fingerprint density at radius 3 is 2.44 bits per heavy atom. The fraction of sp³-hybridized carbons (Fsp3) is 0.483. The van der Waals surface area contributed by atoms with E-state index in [0.29, 0.717) is 28.7 Å². The minimum Gasteiger partial charge on any atom is -0.492 e. The number of hydrogen-bond donors (Lipinski definition) is 1. The number of anilines is 1. The summed E-state index contributed by atoms with van der Waals surface area (Å²) in [4.78, 5) is 9.48. The summed E-state index contributed by atoms with van der Waals surface area (Å²) in [6.45, 7) is 9.86. The predicted molar refractivity (Wildman–Crippen MR) is 148 cm³/mol. The number of nitrogens with one attached hydrogen (secondary N) is 1. The van der Waals surface area contributed by atoms with Crippen molar-refractivity contribution >= 4 is 38.7 Å². The van der Waals surface area contributed by atoms with E-state index >= 15 is 0 Å². The van der Waals surface area contributed by atoms with Crippen LogP contribution in [0.1, 0.15) is 39.5 Å². The fourth-order valence-electron chi connectivity index (χ4n) is 4.45. The zero-order valence-electron chi connectivity index (χ0n) is 22.1. The standard InChI is InChI=1S/C29H39FN4O2/c1-5-7-14-34(15-8-6-2)17-18-35-22-10-11-25-23(20-22)27(31-13-16-33(3)4)29-28(32-25)24-19-21(30)9-12-26(24)36-29/h9-12,19-20H,5-8,13-18H2,1-4H3,(H,31,32). The van der Waals surface area contributed by atoms with Crippen molar-refractivity contribution in [3.8, 4) is 5.75 Å². The molecule has 0 aliphatic rings. The molecule has 0 aliphatic carbocycles. The van der Waals surface area contributed by atoms with Gasteiger partial charge in [0.25, 0.3) is 0 Å². The van der Waals surface area contributed by atoms with Gasteiger partial charge in [0.2, 0.25) is 0 Å². The van der Waals surface area contributed by atoms with Crippen LogP contribution in [-0.2, 0) is 0 Å². The topological polar surface area (TPSA) is 53.8 Å². The minimum absolute atomic E-state index is 0.301. The van der Waals surface area contributed by atoms with Crippen molar-refractivity contribution in [3.63, 3.8) is 0 Å². The van der Waals surface area contributed by atoms with Gasteiger partial charge in [-0.2, -0.15) is 0 Å². The maximum absolute atomic E-state index is 14.0. The van der Waals surface area contributed by atoms with Crippen LogP contribution in [-0.4, -0.2) is 68.2 Å². The lowest BCUT2D eigenvalue weighted by atomic mass is 10.1. The number of hydrogen-bond acceptors (Lipinski definition) is 6. The Morgan fingerprint density at radius 1 is 0.944 bits per heavy atom. The zero-order valence-corrected chi connectivity index (χ0v) is 22.1. The number of fused-ring (bicyclic) bond motifs is 4. The second-order valence-electron chi connectivity index (χ2n) is 9.71. The molecule has 2 heterocycles. The number of pyridine rings is 1. The van der Waals surface area contributed by atoms with Gasteiger partial charge in [-0.05, 0) is 76.4 Å². The minimum atomic E-state index is -0.301. The molecule has 0 saturated carbocycles. The normalized spacial score (nSPS) is 12.0. The molecule has 0 spiro atoms. The van der Waals surface area contributed by atoms with Crippen LogP contribution in [0.4, 0.5) is 10.1 Å². The van der Waals surface area contributed by atoms with Crippen LogP contribution in [0.25, 0.3) is 33.0 Å². The van der Waals surface area contributed by atoms with Crippen LogP contribution >= 0.6 is 0 Å². The molecule has 0 saturated heterocycles. The van der Waals surface area contributed by atoms with Gasteiger partial charge >= 0.3 is 0 Å². The largest absolute Gasteiger partial charge is 0.492 e. The first-order chi connectivity index (χ1) is 17.5. The molecule has 0 unspecified atom stereocenters. The first-order valence-electron chi connectivity index (χ1n) is 13.2. The Bertz CT molecular complexity index is 1280. The lowest BCUT2D eigenvalue weighted by Crippen LogP contribution is -2.30. The summed E-state index contributed by atoms with van der Waals surface area (Å²) < 4.78 is 26.4. The first kappa shape index (κ1) is 26.2. The van der Waals surface area contributed by atoms with Gasteiger partial charge in [0.15, 0.2) is 5.58 Å². The van der Waals surface area contributed by atoms with Crippen molar-refractivity contribution in [1.29, 1.82) is 0 Å². The quantitative estimate of drug-likeness (QED) is 0.215. The van der Waals surface area contributed by atoms with Gasteiger partial charge in [-0.15, -0.1) is 0 Å². The Morgan fingerprint density at radius 2 is 1.72 bits per heavy atom. The van der Waals surface area contributed by atoms with Gasteiger partial charge < -0.3 is 19.4 Å². The van der Waals surface area contributed by atoms with E-state index < -0.39 is 0 Å². The van der Waals surface area contributed by atoms with Gasteiger partial charge in [0, 0.05) is 30.4 Å². The SMILES string of the molecule is CCCCN(CCCC)CCOc1ccc2nc3c(oc4ccc(F)cc43)c(NCCN(C)C)c2c1. The van der Waals surface area contributed by atoms with Gasteiger partial charge in [0.1, 0.15) is 29.3 Å². The lowest BCUT2D eigenvalue weighted by Gasteiger charge is -2.22. The molecule has 4 rings (SSSR count). The number of benzene rings is 2. The average molecular weight is 495 g/mol. The Labute approximate surface area is 213 Å². The van der Waals surface area contributed by atoms with E-state index in [1.165, 1.54) is 37.8 Å². The highest BCUT2D eigenvalue weighted by atomic mass is 19.1. The van der Waals surface area contributed by atoms with E-state index in [2.05, 4.69) is 29.0 Å². The molecule has 4 aromatic rings. The number of ether oxygens (including phenoxy) is 1. The van der Waals surface area contributed by atoms with E-state index in [9.17, 15) is 4.39 Å². The van der Waals surface area contributed by atoms with E-state index in [-0.39, 0.29) is 5.82 Å². The number of rotatable bonds is 14. The van der Waals surface area contributed by atoms with Crippen LogP contribution in [0.15, 0.2) is 40.8 Å². The van der Waals surface area contributed by atoms with E-state index in [1.807, 2.05) is 32.3 Å². The number of likely N-dealkylation sites (N-methyl/N-ethyl adjacent to an activating group) is 1. The highest BCUT2D eigenvalue weighted by Gasteiger charge is 2.17. The molecule has 2 aromatic carbocycles. The molecular formula is C29H39FN4O2. The van der Waals surface area contributed by atoms with Crippen LogP contribution in [0.2, 0.25) is 0 Å². The fourth-order valence-corrected chi connectivity index (χ4v) is 4.45. The Balaban J connectivity index is 1.63. The van der Waals surface area contributed by atoms with Gasteiger partial charge in [0.05, 0.1) is 11.2 Å². The molecule has 2 aromatic heterocycles. The molecule has 1 N–H and O–H groups in total. The van der Waals surface area contributed by atoms with E-state index in [1.54, 1.807) is 6.07 Å². The smallest absolute Gasteiger partial charge is 0.177 e. The number of unbranched alkanes of at least 4 members (excludes halogenated alkanes) is 2. The molecule has 7 heteroatoms. The predicted octanol–water partition coefficient (Wildman–Crippen LogP) is 6.53. The maximum atomic E-state index is 14.0. The monoisotopic (exact) mass is 494 g/mol. The molecular weight excluding hydrogens is 455 g/mol. The molecule has 0 atom stereocenters. The lowest BCUT2D eigenvalue weighted by molar-refractivity contribution is 0.204.